The van der Waals surface area contributed by atoms with E-state index in [1.165, 1.54) is 0 Å². The fraction of sp³-hybridized carbons (Fsp3) is 0.750. The van der Waals surface area contributed by atoms with Gasteiger partial charge in [-0.3, -0.25) is 4.68 Å². The summed E-state index contributed by atoms with van der Waals surface area (Å²) in [6.45, 7) is 7.05. The molecule has 0 radical (unpaired) electrons. The number of ether oxygens (including phenoxy) is 2. The summed E-state index contributed by atoms with van der Waals surface area (Å²) in [7, 11) is 1.92. The molecule has 0 aromatic carbocycles. The minimum Gasteiger partial charge on any atom is -0.444 e. The lowest BCUT2D eigenvalue weighted by Gasteiger charge is -2.48. The first-order valence-electron chi connectivity index (χ1n) is 8.16. The molecule has 3 rings (SSSR count). The van der Waals surface area contributed by atoms with Gasteiger partial charge in [0.1, 0.15) is 5.60 Å². The highest BCUT2D eigenvalue weighted by molar-refractivity contribution is 5.68. The first-order chi connectivity index (χ1) is 10.8. The predicted molar refractivity (Wildman–Crippen MR) is 84.8 cm³/mol. The van der Waals surface area contributed by atoms with Crippen molar-refractivity contribution in [2.75, 3.05) is 6.61 Å². The van der Waals surface area contributed by atoms with Gasteiger partial charge in [0.2, 0.25) is 0 Å². The molecule has 1 aliphatic carbocycles. The highest BCUT2D eigenvalue weighted by Crippen LogP contribution is 2.39. The third kappa shape index (κ3) is 3.50. The summed E-state index contributed by atoms with van der Waals surface area (Å²) in [5.74, 6) is 0.367. The van der Waals surface area contributed by atoms with Crippen LogP contribution in [0.5, 0.6) is 0 Å². The molecule has 128 valence electrons. The van der Waals surface area contributed by atoms with Gasteiger partial charge in [0.15, 0.2) is 0 Å². The SMILES string of the molecule is Cn1nccc1CNC1C(NC(=O)OC(C)(C)C)C2CCOC21. The maximum absolute atomic E-state index is 12.1. The standard InChI is InChI=1S/C16H26N4O3/c1-16(2,3)23-15(21)19-12-11-6-8-22-14(11)13(12)17-9-10-5-7-18-20(10)4/h5,7,11-14,17H,6,8-9H2,1-4H3,(H,19,21). The molecule has 2 fully saturated rings. The second-order valence-electron chi connectivity index (χ2n) is 7.31. The summed E-state index contributed by atoms with van der Waals surface area (Å²) < 4.78 is 13.0. The first-order valence-corrected chi connectivity index (χ1v) is 8.16. The number of hydrogen-bond donors (Lipinski definition) is 2. The van der Waals surface area contributed by atoms with Crippen molar-refractivity contribution in [1.29, 1.82) is 0 Å². The van der Waals surface area contributed by atoms with Crippen LogP contribution < -0.4 is 10.6 Å². The number of amides is 1. The van der Waals surface area contributed by atoms with Crippen molar-refractivity contribution in [1.82, 2.24) is 20.4 Å². The fourth-order valence-electron chi connectivity index (χ4n) is 3.39. The zero-order chi connectivity index (χ0) is 16.6. The second-order valence-corrected chi connectivity index (χ2v) is 7.31. The largest absolute Gasteiger partial charge is 0.444 e. The van der Waals surface area contributed by atoms with Gasteiger partial charge in [-0.05, 0) is 33.3 Å². The Morgan fingerprint density at radius 2 is 2.26 bits per heavy atom. The van der Waals surface area contributed by atoms with Crippen molar-refractivity contribution in [2.24, 2.45) is 13.0 Å². The predicted octanol–water partition coefficient (Wildman–Crippen LogP) is 1.19. The number of hydrogen-bond acceptors (Lipinski definition) is 5. The van der Waals surface area contributed by atoms with E-state index in [0.29, 0.717) is 12.5 Å². The molecular weight excluding hydrogens is 296 g/mol. The summed E-state index contributed by atoms with van der Waals surface area (Å²) in [4.78, 5) is 12.1. The number of aryl methyl sites for hydroxylation is 1. The highest BCUT2D eigenvalue weighted by Gasteiger charge is 2.54. The van der Waals surface area contributed by atoms with Crippen LogP contribution in [-0.4, -0.2) is 46.3 Å². The number of carbonyl (C=O) groups excluding carboxylic acids is 1. The molecule has 4 unspecified atom stereocenters. The van der Waals surface area contributed by atoms with Crippen molar-refractivity contribution in [3.05, 3.63) is 18.0 Å². The smallest absolute Gasteiger partial charge is 0.407 e. The Kier molecular flexibility index (Phi) is 4.33. The van der Waals surface area contributed by atoms with E-state index in [9.17, 15) is 4.79 Å². The van der Waals surface area contributed by atoms with Crippen LogP contribution in [0.25, 0.3) is 0 Å². The zero-order valence-corrected chi connectivity index (χ0v) is 14.2. The van der Waals surface area contributed by atoms with Crippen molar-refractivity contribution < 1.29 is 14.3 Å². The van der Waals surface area contributed by atoms with Crippen LogP contribution in [0.3, 0.4) is 0 Å². The van der Waals surface area contributed by atoms with Crippen LogP contribution in [0.4, 0.5) is 4.79 Å². The van der Waals surface area contributed by atoms with Gasteiger partial charge in [-0.1, -0.05) is 0 Å². The Morgan fingerprint density at radius 1 is 1.48 bits per heavy atom. The second kappa shape index (κ2) is 6.13. The maximum Gasteiger partial charge on any atom is 0.407 e. The van der Waals surface area contributed by atoms with E-state index in [-0.39, 0.29) is 24.3 Å². The van der Waals surface area contributed by atoms with Gasteiger partial charge in [0, 0.05) is 32.3 Å². The Morgan fingerprint density at radius 3 is 2.91 bits per heavy atom. The first kappa shape index (κ1) is 16.3. The van der Waals surface area contributed by atoms with E-state index in [1.54, 1.807) is 6.20 Å². The number of fused-ring (bicyclic) bond motifs is 1. The summed E-state index contributed by atoms with van der Waals surface area (Å²) in [5, 5.41) is 10.7. The van der Waals surface area contributed by atoms with Crippen LogP contribution in [0.2, 0.25) is 0 Å². The Balaban J connectivity index is 1.59. The monoisotopic (exact) mass is 322 g/mol. The van der Waals surface area contributed by atoms with Gasteiger partial charge < -0.3 is 20.1 Å². The fourth-order valence-corrected chi connectivity index (χ4v) is 3.39. The van der Waals surface area contributed by atoms with E-state index < -0.39 is 5.60 Å². The summed E-state index contributed by atoms with van der Waals surface area (Å²) in [6.07, 6.45) is 2.57. The normalized spacial score (nSPS) is 29.7. The van der Waals surface area contributed by atoms with E-state index in [2.05, 4.69) is 15.7 Å². The molecule has 0 spiro atoms. The third-order valence-corrected chi connectivity index (χ3v) is 4.51. The molecule has 2 heterocycles. The number of alkyl carbamates (subject to hydrolysis) is 1. The molecule has 23 heavy (non-hydrogen) atoms. The average Bonchev–Trinajstić information content (AvgIpc) is 3.02. The molecule has 1 saturated heterocycles. The molecular formula is C16H26N4O3. The van der Waals surface area contributed by atoms with Gasteiger partial charge in [-0.15, -0.1) is 0 Å². The molecule has 1 saturated carbocycles. The van der Waals surface area contributed by atoms with Crippen molar-refractivity contribution in [3.8, 4) is 0 Å². The molecule has 1 aliphatic heterocycles. The number of rotatable bonds is 4. The topological polar surface area (TPSA) is 77.4 Å². The van der Waals surface area contributed by atoms with Gasteiger partial charge in [0.05, 0.1) is 23.9 Å². The van der Waals surface area contributed by atoms with Gasteiger partial charge in [0.25, 0.3) is 0 Å². The number of nitrogens with zero attached hydrogens (tertiary/aromatic N) is 2. The Bertz CT molecular complexity index is 566. The number of carbonyl (C=O) groups is 1. The minimum absolute atomic E-state index is 0.0468. The van der Waals surface area contributed by atoms with Crippen LogP contribution >= 0.6 is 0 Å². The summed E-state index contributed by atoms with van der Waals surface area (Å²) in [6, 6.07) is 2.13. The van der Waals surface area contributed by atoms with Crippen molar-refractivity contribution in [3.63, 3.8) is 0 Å². The lowest BCUT2D eigenvalue weighted by molar-refractivity contribution is -0.0346. The zero-order valence-electron chi connectivity index (χ0n) is 14.2. The molecule has 1 aromatic heterocycles. The molecule has 0 bridgehead atoms. The van der Waals surface area contributed by atoms with Gasteiger partial charge in [-0.25, -0.2) is 4.79 Å². The van der Waals surface area contributed by atoms with E-state index in [0.717, 1.165) is 18.7 Å². The van der Waals surface area contributed by atoms with E-state index in [1.807, 2.05) is 38.6 Å². The Labute approximate surface area is 136 Å². The number of aromatic nitrogens is 2. The maximum atomic E-state index is 12.1. The van der Waals surface area contributed by atoms with Crippen LogP contribution in [-0.2, 0) is 23.1 Å². The van der Waals surface area contributed by atoms with Crippen LogP contribution in [0.1, 0.15) is 32.9 Å². The lowest BCUT2D eigenvalue weighted by atomic mass is 9.71. The third-order valence-electron chi connectivity index (χ3n) is 4.51. The lowest BCUT2D eigenvalue weighted by Crippen LogP contribution is -2.70. The van der Waals surface area contributed by atoms with Gasteiger partial charge in [-0.2, -0.15) is 5.10 Å². The Hall–Kier alpha value is -1.60. The summed E-state index contributed by atoms with van der Waals surface area (Å²) >= 11 is 0. The molecule has 2 aliphatic rings. The highest BCUT2D eigenvalue weighted by atomic mass is 16.6. The minimum atomic E-state index is -0.489. The van der Waals surface area contributed by atoms with Crippen molar-refractivity contribution in [2.45, 2.75) is 57.5 Å². The van der Waals surface area contributed by atoms with Crippen LogP contribution in [0, 0.1) is 5.92 Å². The average molecular weight is 322 g/mol. The quantitative estimate of drug-likeness (QED) is 0.871. The van der Waals surface area contributed by atoms with Crippen molar-refractivity contribution >= 4 is 6.09 Å². The number of nitrogens with one attached hydrogen (secondary N) is 2. The van der Waals surface area contributed by atoms with Crippen LogP contribution in [0.15, 0.2) is 12.3 Å². The molecule has 7 heteroatoms. The van der Waals surface area contributed by atoms with E-state index >= 15 is 0 Å². The molecule has 7 nitrogen and oxygen atoms in total. The molecule has 1 amide bonds. The molecule has 2 N–H and O–H groups in total. The molecule has 1 aromatic rings. The van der Waals surface area contributed by atoms with E-state index in [4.69, 9.17) is 9.47 Å². The molecule has 4 atom stereocenters. The van der Waals surface area contributed by atoms with Gasteiger partial charge >= 0.3 is 6.09 Å². The summed E-state index contributed by atoms with van der Waals surface area (Å²) in [5.41, 5.74) is 0.610.